The molecule has 1 unspecified atom stereocenters. The van der Waals surface area contributed by atoms with Gasteiger partial charge in [0.15, 0.2) is 0 Å². The summed E-state index contributed by atoms with van der Waals surface area (Å²) in [5.74, 6) is 0.963. The average Bonchev–Trinajstić information content (AvgIpc) is 2.87. The van der Waals surface area contributed by atoms with E-state index in [9.17, 15) is 0 Å². The summed E-state index contributed by atoms with van der Waals surface area (Å²) in [5, 5.41) is 4.44. The van der Waals surface area contributed by atoms with Gasteiger partial charge in [0, 0.05) is 11.1 Å². The van der Waals surface area contributed by atoms with Crippen LogP contribution in [0, 0.1) is 5.92 Å². The fourth-order valence-electron chi connectivity index (χ4n) is 3.06. The standard InChI is InChI=1S/C16H24ClN/c1-2-18-16(11-10-13-6-3-4-7-13)14-8-5-9-15(17)12-14/h5,8-9,12-13,16,18H,2-4,6-7,10-11H2,1H3. The van der Waals surface area contributed by atoms with E-state index in [2.05, 4.69) is 30.4 Å². The van der Waals surface area contributed by atoms with Gasteiger partial charge < -0.3 is 5.32 Å². The first kappa shape index (κ1) is 13.9. The monoisotopic (exact) mass is 265 g/mol. The lowest BCUT2D eigenvalue weighted by atomic mass is 9.95. The van der Waals surface area contributed by atoms with Crippen LogP contribution >= 0.6 is 11.6 Å². The largest absolute Gasteiger partial charge is 0.310 e. The van der Waals surface area contributed by atoms with Gasteiger partial charge >= 0.3 is 0 Å². The van der Waals surface area contributed by atoms with Crippen molar-refractivity contribution in [3.8, 4) is 0 Å². The quantitative estimate of drug-likeness (QED) is 0.766. The first-order valence-corrected chi connectivity index (χ1v) is 7.66. The van der Waals surface area contributed by atoms with E-state index in [-0.39, 0.29) is 0 Å². The SMILES string of the molecule is CCNC(CCC1CCCC1)c1cccc(Cl)c1. The van der Waals surface area contributed by atoms with Crippen LogP contribution in [0.4, 0.5) is 0 Å². The molecule has 18 heavy (non-hydrogen) atoms. The Labute approximate surface area is 116 Å². The van der Waals surface area contributed by atoms with Crippen molar-refractivity contribution in [3.05, 3.63) is 34.9 Å². The van der Waals surface area contributed by atoms with Crippen molar-refractivity contribution in [1.29, 1.82) is 0 Å². The molecule has 100 valence electrons. The Kier molecular flexibility index (Phi) is 5.52. The molecular weight excluding hydrogens is 242 g/mol. The first-order valence-electron chi connectivity index (χ1n) is 7.28. The summed E-state index contributed by atoms with van der Waals surface area (Å²) in [4.78, 5) is 0. The van der Waals surface area contributed by atoms with Gasteiger partial charge in [0.2, 0.25) is 0 Å². The molecule has 1 aromatic carbocycles. The topological polar surface area (TPSA) is 12.0 Å². The molecule has 2 rings (SSSR count). The predicted octanol–water partition coefficient (Wildman–Crippen LogP) is 4.96. The highest BCUT2D eigenvalue weighted by Gasteiger charge is 2.18. The lowest BCUT2D eigenvalue weighted by Gasteiger charge is -2.20. The molecule has 2 heteroatoms. The molecule has 1 aromatic rings. The van der Waals surface area contributed by atoms with E-state index in [4.69, 9.17) is 11.6 Å². The average molecular weight is 266 g/mol. The second-order valence-electron chi connectivity index (χ2n) is 5.39. The number of hydrogen-bond donors (Lipinski definition) is 1. The molecule has 0 amide bonds. The Balaban J connectivity index is 1.94. The zero-order valence-corrected chi connectivity index (χ0v) is 12.0. The molecule has 1 fully saturated rings. The smallest absolute Gasteiger partial charge is 0.0409 e. The maximum Gasteiger partial charge on any atom is 0.0409 e. The van der Waals surface area contributed by atoms with Gasteiger partial charge in [0.05, 0.1) is 0 Å². The third-order valence-corrected chi connectivity index (χ3v) is 4.27. The molecule has 1 nitrogen and oxygen atoms in total. The van der Waals surface area contributed by atoms with E-state index in [0.29, 0.717) is 6.04 Å². The lowest BCUT2D eigenvalue weighted by molar-refractivity contribution is 0.417. The molecule has 0 bridgehead atoms. The minimum absolute atomic E-state index is 0.467. The number of nitrogens with one attached hydrogen (secondary N) is 1. The van der Waals surface area contributed by atoms with Crippen molar-refractivity contribution in [3.63, 3.8) is 0 Å². The van der Waals surface area contributed by atoms with E-state index in [0.717, 1.165) is 17.5 Å². The Morgan fingerprint density at radius 2 is 2.11 bits per heavy atom. The lowest BCUT2D eigenvalue weighted by Crippen LogP contribution is -2.21. The third-order valence-electron chi connectivity index (χ3n) is 4.04. The third kappa shape index (κ3) is 4.00. The molecule has 0 aliphatic heterocycles. The Morgan fingerprint density at radius 1 is 1.33 bits per heavy atom. The summed E-state index contributed by atoms with van der Waals surface area (Å²) in [6, 6.07) is 8.76. The van der Waals surface area contributed by atoms with Gasteiger partial charge in [0.1, 0.15) is 0 Å². The van der Waals surface area contributed by atoms with Crippen molar-refractivity contribution in [2.45, 2.75) is 51.5 Å². The zero-order chi connectivity index (χ0) is 12.8. The highest BCUT2D eigenvalue weighted by Crippen LogP contribution is 2.31. The van der Waals surface area contributed by atoms with Gasteiger partial charge in [-0.2, -0.15) is 0 Å². The predicted molar refractivity (Wildman–Crippen MR) is 79.1 cm³/mol. The highest BCUT2D eigenvalue weighted by molar-refractivity contribution is 6.30. The van der Waals surface area contributed by atoms with Gasteiger partial charge in [-0.15, -0.1) is 0 Å². The minimum Gasteiger partial charge on any atom is -0.310 e. The van der Waals surface area contributed by atoms with Gasteiger partial charge in [-0.1, -0.05) is 56.3 Å². The molecule has 1 atom stereocenters. The maximum absolute atomic E-state index is 6.09. The zero-order valence-electron chi connectivity index (χ0n) is 11.3. The Morgan fingerprint density at radius 3 is 2.78 bits per heavy atom. The molecule has 0 spiro atoms. The number of benzene rings is 1. The number of rotatable bonds is 6. The molecule has 0 radical (unpaired) electrons. The van der Waals surface area contributed by atoms with Crippen LogP contribution in [0.15, 0.2) is 24.3 Å². The van der Waals surface area contributed by atoms with Crippen molar-refractivity contribution < 1.29 is 0 Å². The van der Waals surface area contributed by atoms with Crippen molar-refractivity contribution >= 4 is 11.6 Å². The van der Waals surface area contributed by atoms with E-state index >= 15 is 0 Å². The van der Waals surface area contributed by atoms with Crippen molar-refractivity contribution in [2.24, 2.45) is 5.92 Å². The fourth-order valence-corrected chi connectivity index (χ4v) is 3.26. The molecule has 0 aromatic heterocycles. The van der Waals surface area contributed by atoms with Gasteiger partial charge in [0.25, 0.3) is 0 Å². The van der Waals surface area contributed by atoms with Gasteiger partial charge in [-0.3, -0.25) is 0 Å². The molecule has 0 heterocycles. The molecule has 1 aliphatic rings. The second kappa shape index (κ2) is 7.16. The molecular formula is C16H24ClN. The van der Waals surface area contributed by atoms with Crippen LogP contribution < -0.4 is 5.32 Å². The molecule has 1 N–H and O–H groups in total. The second-order valence-corrected chi connectivity index (χ2v) is 5.83. The molecule has 1 aliphatic carbocycles. The summed E-state index contributed by atoms with van der Waals surface area (Å²) in [7, 11) is 0. The number of halogens is 1. The Bertz CT molecular complexity index is 358. The van der Waals surface area contributed by atoms with Gasteiger partial charge in [-0.05, 0) is 43.0 Å². The van der Waals surface area contributed by atoms with Crippen LogP contribution in [0.25, 0.3) is 0 Å². The summed E-state index contributed by atoms with van der Waals surface area (Å²) >= 11 is 6.09. The minimum atomic E-state index is 0.467. The van der Waals surface area contributed by atoms with Crippen LogP contribution in [0.1, 0.15) is 57.1 Å². The van der Waals surface area contributed by atoms with Crippen molar-refractivity contribution in [2.75, 3.05) is 6.54 Å². The highest BCUT2D eigenvalue weighted by atomic mass is 35.5. The maximum atomic E-state index is 6.09. The van der Waals surface area contributed by atoms with Crippen LogP contribution in [-0.4, -0.2) is 6.54 Å². The summed E-state index contributed by atoms with van der Waals surface area (Å²) in [6.07, 6.45) is 8.34. The van der Waals surface area contributed by atoms with Crippen LogP contribution in [-0.2, 0) is 0 Å². The van der Waals surface area contributed by atoms with Crippen LogP contribution in [0.2, 0.25) is 5.02 Å². The first-order chi connectivity index (χ1) is 8.79. The normalized spacial score (nSPS) is 18.1. The summed E-state index contributed by atoms with van der Waals surface area (Å²) in [5.41, 5.74) is 1.34. The van der Waals surface area contributed by atoms with E-state index in [1.54, 1.807) is 0 Å². The van der Waals surface area contributed by atoms with E-state index in [1.165, 1.54) is 44.1 Å². The van der Waals surface area contributed by atoms with Crippen LogP contribution in [0.3, 0.4) is 0 Å². The molecule has 1 saturated carbocycles. The number of hydrogen-bond acceptors (Lipinski definition) is 1. The van der Waals surface area contributed by atoms with E-state index in [1.807, 2.05) is 6.07 Å². The van der Waals surface area contributed by atoms with E-state index < -0.39 is 0 Å². The summed E-state index contributed by atoms with van der Waals surface area (Å²) in [6.45, 7) is 3.19. The fraction of sp³-hybridized carbons (Fsp3) is 0.625. The Hall–Kier alpha value is -0.530. The molecule has 0 saturated heterocycles. The summed E-state index contributed by atoms with van der Waals surface area (Å²) < 4.78 is 0. The van der Waals surface area contributed by atoms with Crippen LogP contribution in [0.5, 0.6) is 0 Å². The van der Waals surface area contributed by atoms with Gasteiger partial charge in [-0.25, -0.2) is 0 Å². The van der Waals surface area contributed by atoms with Crippen molar-refractivity contribution in [1.82, 2.24) is 5.32 Å².